The predicted molar refractivity (Wildman–Crippen MR) is 108 cm³/mol. The van der Waals surface area contributed by atoms with Gasteiger partial charge in [-0.05, 0) is 36.4 Å². The molecule has 7 nitrogen and oxygen atoms in total. The van der Waals surface area contributed by atoms with Crippen molar-refractivity contribution in [1.29, 1.82) is 0 Å². The van der Waals surface area contributed by atoms with E-state index in [2.05, 4.69) is 15.6 Å². The first-order valence-electron chi connectivity index (χ1n) is 8.61. The molecule has 2 aromatic carbocycles. The van der Waals surface area contributed by atoms with E-state index in [4.69, 9.17) is 14.2 Å². The number of nitrogens with zero attached hydrogens (tertiary/aromatic N) is 1. The fraction of sp³-hybridized carbons (Fsp3) is 0.143. The van der Waals surface area contributed by atoms with E-state index in [1.807, 2.05) is 36.4 Å². The highest BCUT2D eigenvalue weighted by Crippen LogP contribution is 2.31. The van der Waals surface area contributed by atoms with Crippen LogP contribution in [0.3, 0.4) is 0 Å². The van der Waals surface area contributed by atoms with E-state index >= 15 is 0 Å². The molecule has 144 valence electrons. The zero-order valence-electron chi connectivity index (χ0n) is 15.6. The normalized spacial score (nSPS) is 10.1. The average molecular weight is 379 g/mol. The average Bonchev–Trinajstić information content (AvgIpc) is 2.74. The number of carbonyl (C=O) groups excluding carboxylic acids is 1. The van der Waals surface area contributed by atoms with E-state index in [9.17, 15) is 4.79 Å². The molecule has 0 aliphatic rings. The first kappa shape index (κ1) is 19.0. The summed E-state index contributed by atoms with van der Waals surface area (Å²) in [6.45, 7) is -0.0906. The maximum atomic E-state index is 12.0. The minimum absolute atomic E-state index is 0.0906. The van der Waals surface area contributed by atoms with Crippen LogP contribution >= 0.6 is 0 Å². The van der Waals surface area contributed by atoms with E-state index in [1.54, 1.807) is 44.7 Å². The lowest BCUT2D eigenvalue weighted by Crippen LogP contribution is -2.20. The first-order chi connectivity index (χ1) is 13.7. The minimum atomic E-state index is -0.286. The number of para-hydroxylation sites is 1. The van der Waals surface area contributed by atoms with Crippen LogP contribution in [0.5, 0.6) is 17.2 Å². The van der Waals surface area contributed by atoms with Crippen LogP contribution in [0.15, 0.2) is 66.9 Å². The molecule has 0 radical (unpaired) electrons. The first-order valence-corrected chi connectivity index (χ1v) is 8.61. The maximum absolute atomic E-state index is 12.0. The Morgan fingerprint density at radius 1 is 0.964 bits per heavy atom. The fourth-order valence-electron chi connectivity index (χ4n) is 2.45. The van der Waals surface area contributed by atoms with Crippen molar-refractivity contribution in [3.8, 4) is 17.2 Å². The highest BCUT2D eigenvalue weighted by molar-refractivity contribution is 5.91. The van der Waals surface area contributed by atoms with Gasteiger partial charge in [0, 0.05) is 6.07 Å². The third-order valence-electron chi connectivity index (χ3n) is 3.83. The Bertz CT molecular complexity index is 915. The Labute approximate surface area is 163 Å². The lowest BCUT2D eigenvalue weighted by Gasteiger charge is -2.13. The van der Waals surface area contributed by atoms with Crippen LogP contribution in [0.1, 0.15) is 0 Å². The highest BCUT2D eigenvalue weighted by atomic mass is 16.5. The Morgan fingerprint density at radius 3 is 2.46 bits per heavy atom. The van der Waals surface area contributed by atoms with Crippen LogP contribution < -0.4 is 24.8 Å². The standard InChI is InChI=1S/C21H21N3O4/c1-26-17-9-10-19(27-2)18(12-17)23-15-8-11-20(22-13-15)24-21(25)14-28-16-6-4-3-5-7-16/h3-13,23H,14H2,1-2H3,(H,22,24,25). The largest absolute Gasteiger partial charge is 0.497 e. The molecule has 0 aliphatic heterocycles. The summed E-state index contributed by atoms with van der Waals surface area (Å²) in [7, 11) is 3.20. The van der Waals surface area contributed by atoms with Crippen LogP contribution in [0.25, 0.3) is 0 Å². The number of carbonyl (C=O) groups is 1. The number of pyridine rings is 1. The number of aromatic nitrogens is 1. The van der Waals surface area contributed by atoms with Gasteiger partial charge in [0.25, 0.3) is 5.91 Å². The predicted octanol–water partition coefficient (Wildman–Crippen LogP) is 3.86. The Morgan fingerprint density at radius 2 is 1.79 bits per heavy atom. The summed E-state index contributed by atoms with van der Waals surface area (Å²) in [4.78, 5) is 16.2. The summed E-state index contributed by atoms with van der Waals surface area (Å²) in [5.74, 6) is 2.17. The van der Waals surface area contributed by atoms with Crippen molar-refractivity contribution < 1.29 is 19.0 Å². The molecule has 0 saturated carbocycles. The lowest BCUT2D eigenvalue weighted by molar-refractivity contribution is -0.118. The van der Waals surface area contributed by atoms with Gasteiger partial charge in [0.05, 0.1) is 31.8 Å². The van der Waals surface area contributed by atoms with Crippen LogP contribution in [-0.2, 0) is 4.79 Å². The number of methoxy groups -OCH3 is 2. The molecule has 0 unspecified atom stereocenters. The van der Waals surface area contributed by atoms with Crippen LogP contribution in [0, 0.1) is 0 Å². The summed E-state index contributed by atoms with van der Waals surface area (Å²) in [6.07, 6.45) is 1.62. The molecule has 28 heavy (non-hydrogen) atoms. The third-order valence-corrected chi connectivity index (χ3v) is 3.83. The van der Waals surface area contributed by atoms with E-state index < -0.39 is 0 Å². The van der Waals surface area contributed by atoms with Gasteiger partial charge < -0.3 is 24.8 Å². The smallest absolute Gasteiger partial charge is 0.263 e. The third kappa shape index (κ3) is 5.14. The van der Waals surface area contributed by atoms with Crippen LogP contribution in [0.4, 0.5) is 17.2 Å². The van der Waals surface area contributed by atoms with E-state index in [0.717, 1.165) is 11.4 Å². The summed E-state index contributed by atoms with van der Waals surface area (Å²) in [5.41, 5.74) is 1.49. The second kappa shape index (κ2) is 9.27. The molecule has 0 bridgehead atoms. The van der Waals surface area contributed by atoms with Crippen LogP contribution in [-0.4, -0.2) is 31.7 Å². The van der Waals surface area contributed by atoms with Crippen molar-refractivity contribution in [3.05, 3.63) is 66.9 Å². The zero-order valence-corrected chi connectivity index (χ0v) is 15.6. The highest BCUT2D eigenvalue weighted by Gasteiger charge is 2.07. The molecule has 0 spiro atoms. The fourth-order valence-corrected chi connectivity index (χ4v) is 2.45. The van der Waals surface area contributed by atoms with Crippen molar-refractivity contribution in [2.24, 2.45) is 0 Å². The van der Waals surface area contributed by atoms with Crippen molar-refractivity contribution in [1.82, 2.24) is 4.98 Å². The zero-order chi connectivity index (χ0) is 19.8. The summed E-state index contributed by atoms with van der Waals surface area (Å²) < 4.78 is 16.0. The van der Waals surface area contributed by atoms with Gasteiger partial charge in [-0.2, -0.15) is 0 Å². The van der Waals surface area contributed by atoms with Gasteiger partial charge in [-0.1, -0.05) is 18.2 Å². The van der Waals surface area contributed by atoms with Gasteiger partial charge in [0.1, 0.15) is 23.1 Å². The molecule has 0 saturated heterocycles. The molecular weight excluding hydrogens is 358 g/mol. The quantitative estimate of drug-likeness (QED) is 0.619. The van der Waals surface area contributed by atoms with Crippen molar-refractivity contribution in [2.45, 2.75) is 0 Å². The molecule has 2 N–H and O–H groups in total. The molecule has 0 aliphatic carbocycles. The number of ether oxygens (including phenoxy) is 3. The molecule has 1 aromatic heterocycles. The Balaban J connectivity index is 1.58. The van der Waals surface area contributed by atoms with Gasteiger partial charge in [0.15, 0.2) is 6.61 Å². The lowest BCUT2D eigenvalue weighted by atomic mass is 10.2. The van der Waals surface area contributed by atoms with Gasteiger partial charge >= 0.3 is 0 Å². The molecule has 7 heteroatoms. The molecular formula is C21H21N3O4. The van der Waals surface area contributed by atoms with Gasteiger partial charge in [0.2, 0.25) is 0 Å². The van der Waals surface area contributed by atoms with Gasteiger partial charge in [-0.25, -0.2) is 4.98 Å². The molecule has 3 rings (SSSR count). The number of nitrogens with one attached hydrogen (secondary N) is 2. The second-order valence-corrected chi connectivity index (χ2v) is 5.77. The summed E-state index contributed by atoms with van der Waals surface area (Å²) in [5, 5.41) is 5.92. The number of amides is 1. The van der Waals surface area contributed by atoms with E-state index in [-0.39, 0.29) is 12.5 Å². The number of hydrogen-bond donors (Lipinski definition) is 2. The second-order valence-electron chi connectivity index (χ2n) is 5.77. The molecule has 1 amide bonds. The maximum Gasteiger partial charge on any atom is 0.263 e. The summed E-state index contributed by atoms with van der Waals surface area (Å²) in [6, 6.07) is 18.1. The SMILES string of the molecule is COc1ccc(OC)c(Nc2ccc(NC(=O)COc3ccccc3)nc2)c1. The van der Waals surface area contributed by atoms with Gasteiger partial charge in [-0.15, -0.1) is 0 Å². The monoisotopic (exact) mass is 379 g/mol. The number of benzene rings is 2. The molecule has 1 heterocycles. The molecule has 0 fully saturated rings. The molecule has 3 aromatic rings. The topological polar surface area (TPSA) is 81.7 Å². The van der Waals surface area contributed by atoms with Crippen molar-refractivity contribution in [3.63, 3.8) is 0 Å². The Hall–Kier alpha value is -3.74. The number of anilines is 3. The minimum Gasteiger partial charge on any atom is -0.497 e. The van der Waals surface area contributed by atoms with Crippen LogP contribution in [0.2, 0.25) is 0 Å². The van der Waals surface area contributed by atoms with Gasteiger partial charge in [-0.3, -0.25) is 4.79 Å². The summed E-state index contributed by atoms with van der Waals surface area (Å²) >= 11 is 0. The molecule has 0 atom stereocenters. The number of rotatable bonds is 8. The van der Waals surface area contributed by atoms with Crippen molar-refractivity contribution in [2.75, 3.05) is 31.5 Å². The van der Waals surface area contributed by atoms with E-state index in [1.165, 1.54) is 0 Å². The van der Waals surface area contributed by atoms with E-state index in [0.29, 0.717) is 23.1 Å². The number of hydrogen-bond acceptors (Lipinski definition) is 6. The van der Waals surface area contributed by atoms with Crippen molar-refractivity contribution >= 4 is 23.1 Å². The Kier molecular flexibility index (Phi) is 6.30.